The van der Waals surface area contributed by atoms with Crippen LogP contribution in [0.2, 0.25) is 0 Å². The highest BCUT2D eigenvalue weighted by atomic mass is 35.5. The van der Waals surface area contributed by atoms with Gasteiger partial charge in [-0.25, -0.2) is 4.39 Å². The van der Waals surface area contributed by atoms with Gasteiger partial charge in [-0.05, 0) is 35.2 Å². The third-order valence-electron chi connectivity index (χ3n) is 4.56. The van der Waals surface area contributed by atoms with Gasteiger partial charge in [0.1, 0.15) is 11.7 Å². The van der Waals surface area contributed by atoms with Crippen LogP contribution in [0.3, 0.4) is 0 Å². The van der Waals surface area contributed by atoms with E-state index in [9.17, 15) is 18.8 Å². The number of fused-ring (bicyclic) bond motifs is 1. The van der Waals surface area contributed by atoms with Crippen molar-refractivity contribution in [3.8, 4) is 0 Å². The van der Waals surface area contributed by atoms with Crippen LogP contribution < -0.4 is 16.0 Å². The van der Waals surface area contributed by atoms with Gasteiger partial charge in [0.2, 0.25) is 5.91 Å². The van der Waals surface area contributed by atoms with E-state index >= 15 is 0 Å². The van der Waals surface area contributed by atoms with Crippen LogP contribution >= 0.6 is 11.6 Å². The maximum absolute atomic E-state index is 12.9. The Morgan fingerprint density at radius 3 is 2.43 bits per heavy atom. The van der Waals surface area contributed by atoms with Crippen LogP contribution in [0.15, 0.2) is 48.5 Å². The standard InChI is InChI=1S/C20H19ClFN3O3/c21-10-17(26)25-18-15-4-2-1-3-13(15)9-16(18)24-20(28)19(27)23-11-12-5-7-14(22)8-6-12/h1-8,16,18H,9-11H2,(H,23,27)(H,24,28)(H,25,26)/t16-,18-/m1/s1. The predicted octanol–water partition coefficient (Wildman–Crippen LogP) is 1.58. The third-order valence-corrected chi connectivity index (χ3v) is 4.80. The van der Waals surface area contributed by atoms with E-state index in [2.05, 4.69) is 16.0 Å². The van der Waals surface area contributed by atoms with Crippen molar-refractivity contribution < 1.29 is 18.8 Å². The molecule has 8 heteroatoms. The van der Waals surface area contributed by atoms with Crippen molar-refractivity contribution in [1.29, 1.82) is 0 Å². The van der Waals surface area contributed by atoms with E-state index in [0.717, 1.165) is 11.1 Å². The molecule has 0 radical (unpaired) electrons. The lowest BCUT2D eigenvalue weighted by Gasteiger charge is -2.22. The monoisotopic (exact) mass is 403 g/mol. The summed E-state index contributed by atoms with van der Waals surface area (Å²) in [5.74, 6) is -2.54. The lowest BCUT2D eigenvalue weighted by molar-refractivity contribution is -0.139. The molecular formula is C20H19ClFN3O3. The van der Waals surface area contributed by atoms with Gasteiger partial charge in [-0.1, -0.05) is 36.4 Å². The van der Waals surface area contributed by atoms with Crippen LogP contribution in [0, 0.1) is 5.82 Å². The van der Waals surface area contributed by atoms with Gasteiger partial charge < -0.3 is 16.0 Å². The number of benzene rings is 2. The van der Waals surface area contributed by atoms with E-state index in [1.165, 1.54) is 24.3 Å². The van der Waals surface area contributed by atoms with Crippen molar-refractivity contribution in [2.24, 2.45) is 0 Å². The van der Waals surface area contributed by atoms with E-state index in [1.54, 1.807) is 0 Å². The summed E-state index contributed by atoms with van der Waals surface area (Å²) in [6.07, 6.45) is 0.486. The summed E-state index contributed by atoms with van der Waals surface area (Å²) in [7, 11) is 0. The molecule has 0 aromatic heterocycles. The molecular weight excluding hydrogens is 385 g/mol. The molecule has 146 valence electrons. The Bertz CT molecular complexity index is 889. The number of hydrogen-bond acceptors (Lipinski definition) is 3. The van der Waals surface area contributed by atoms with Crippen LogP contribution in [0.1, 0.15) is 22.7 Å². The molecule has 0 saturated heterocycles. The molecule has 2 aromatic rings. The number of hydrogen-bond donors (Lipinski definition) is 3. The summed E-state index contributed by atoms with van der Waals surface area (Å²) in [5.41, 5.74) is 2.54. The minimum absolute atomic E-state index is 0.101. The molecule has 6 nitrogen and oxygen atoms in total. The summed E-state index contributed by atoms with van der Waals surface area (Å²) < 4.78 is 12.9. The number of carbonyl (C=O) groups is 3. The van der Waals surface area contributed by atoms with Gasteiger partial charge >= 0.3 is 11.8 Å². The molecule has 0 unspecified atom stereocenters. The Hall–Kier alpha value is -2.93. The lowest BCUT2D eigenvalue weighted by atomic mass is 10.1. The van der Waals surface area contributed by atoms with Crippen LogP contribution in [0.4, 0.5) is 4.39 Å². The summed E-state index contributed by atoms with van der Waals surface area (Å²) in [4.78, 5) is 36.2. The maximum Gasteiger partial charge on any atom is 0.309 e. The van der Waals surface area contributed by atoms with Crippen molar-refractivity contribution in [3.05, 3.63) is 71.0 Å². The first-order chi connectivity index (χ1) is 13.5. The zero-order valence-corrected chi connectivity index (χ0v) is 15.6. The number of alkyl halides is 1. The second-order valence-electron chi connectivity index (χ2n) is 6.47. The molecule has 0 spiro atoms. The fourth-order valence-corrected chi connectivity index (χ4v) is 3.30. The molecule has 3 amide bonds. The van der Waals surface area contributed by atoms with Gasteiger partial charge in [-0.2, -0.15) is 0 Å². The van der Waals surface area contributed by atoms with Gasteiger partial charge in [0.15, 0.2) is 0 Å². The van der Waals surface area contributed by atoms with Crippen molar-refractivity contribution in [2.75, 3.05) is 5.88 Å². The summed E-state index contributed by atoms with van der Waals surface area (Å²) in [5, 5.41) is 7.97. The summed E-state index contributed by atoms with van der Waals surface area (Å²) >= 11 is 5.58. The van der Waals surface area contributed by atoms with Gasteiger partial charge in [-0.3, -0.25) is 14.4 Å². The molecule has 1 aliphatic carbocycles. The van der Waals surface area contributed by atoms with E-state index in [4.69, 9.17) is 11.6 Å². The third kappa shape index (κ3) is 4.67. The Morgan fingerprint density at radius 2 is 1.71 bits per heavy atom. The first-order valence-corrected chi connectivity index (χ1v) is 9.27. The number of halogens is 2. The van der Waals surface area contributed by atoms with Crippen LogP contribution in [-0.2, 0) is 27.3 Å². The average molecular weight is 404 g/mol. The van der Waals surface area contributed by atoms with Crippen LogP contribution in [0.5, 0.6) is 0 Å². The second-order valence-corrected chi connectivity index (χ2v) is 6.74. The normalized spacial score (nSPS) is 17.5. The first-order valence-electron chi connectivity index (χ1n) is 8.74. The second kappa shape index (κ2) is 8.84. The molecule has 0 saturated carbocycles. The minimum atomic E-state index is -0.803. The average Bonchev–Trinajstić information content (AvgIpc) is 3.04. The Balaban J connectivity index is 1.62. The number of nitrogens with one attached hydrogen (secondary N) is 3. The summed E-state index contributed by atoms with van der Waals surface area (Å²) in [6.45, 7) is 0.101. The number of carbonyl (C=O) groups excluding carboxylic acids is 3. The molecule has 0 aliphatic heterocycles. The Morgan fingerprint density at radius 1 is 1.00 bits per heavy atom. The van der Waals surface area contributed by atoms with Crippen molar-refractivity contribution in [2.45, 2.75) is 25.0 Å². The Kier molecular flexibility index (Phi) is 6.26. The lowest BCUT2D eigenvalue weighted by Crippen LogP contribution is -2.49. The molecule has 0 heterocycles. The van der Waals surface area contributed by atoms with E-state index in [-0.39, 0.29) is 24.1 Å². The van der Waals surface area contributed by atoms with Crippen molar-refractivity contribution >= 4 is 29.3 Å². The summed E-state index contributed by atoms with van der Waals surface area (Å²) in [6, 6.07) is 12.2. The molecule has 2 atom stereocenters. The molecule has 3 rings (SSSR count). The molecule has 2 aromatic carbocycles. The predicted molar refractivity (Wildman–Crippen MR) is 102 cm³/mol. The van der Waals surface area contributed by atoms with E-state index in [1.807, 2.05) is 24.3 Å². The highest BCUT2D eigenvalue weighted by Gasteiger charge is 2.35. The topological polar surface area (TPSA) is 87.3 Å². The molecule has 0 bridgehead atoms. The van der Waals surface area contributed by atoms with Gasteiger partial charge in [0, 0.05) is 6.54 Å². The van der Waals surface area contributed by atoms with Crippen LogP contribution in [0.25, 0.3) is 0 Å². The van der Waals surface area contributed by atoms with Gasteiger partial charge in [0.05, 0.1) is 12.1 Å². The minimum Gasteiger partial charge on any atom is -0.346 e. The molecule has 1 aliphatic rings. The fourth-order valence-electron chi connectivity index (χ4n) is 3.22. The first kappa shape index (κ1) is 19.8. The van der Waals surface area contributed by atoms with Crippen LogP contribution in [-0.4, -0.2) is 29.6 Å². The van der Waals surface area contributed by atoms with Gasteiger partial charge in [0.25, 0.3) is 0 Å². The maximum atomic E-state index is 12.9. The quantitative estimate of drug-likeness (QED) is 0.523. The fraction of sp³-hybridized carbons (Fsp3) is 0.250. The number of rotatable bonds is 5. The highest BCUT2D eigenvalue weighted by Crippen LogP contribution is 2.31. The highest BCUT2D eigenvalue weighted by molar-refractivity contribution is 6.35. The molecule has 3 N–H and O–H groups in total. The van der Waals surface area contributed by atoms with Gasteiger partial charge in [-0.15, -0.1) is 11.6 Å². The smallest absolute Gasteiger partial charge is 0.309 e. The van der Waals surface area contributed by atoms with E-state index in [0.29, 0.717) is 12.0 Å². The number of amides is 3. The van der Waals surface area contributed by atoms with E-state index < -0.39 is 23.9 Å². The zero-order chi connectivity index (χ0) is 20.1. The van der Waals surface area contributed by atoms with Crippen molar-refractivity contribution in [1.82, 2.24) is 16.0 Å². The largest absolute Gasteiger partial charge is 0.346 e. The molecule has 0 fully saturated rings. The molecule has 28 heavy (non-hydrogen) atoms. The van der Waals surface area contributed by atoms with Crippen molar-refractivity contribution in [3.63, 3.8) is 0 Å². The SMILES string of the molecule is O=C(CCl)N[C@@H]1c2ccccc2C[C@H]1NC(=O)C(=O)NCc1ccc(F)cc1. The zero-order valence-electron chi connectivity index (χ0n) is 14.9. The Labute approximate surface area is 166 Å².